The van der Waals surface area contributed by atoms with Crippen molar-refractivity contribution in [2.45, 2.75) is 64.0 Å². The van der Waals surface area contributed by atoms with Crippen molar-refractivity contribution in [3.8, 4) is 0 Å². The van der Waals surface area contributed by atoms with Gasteiger partial charge in [0.05, 0.1) is 11.0 Å². The Labute approximate surface area is 155 Å². The average Bonchev–Trinajstić information content (AvgIpc) is 3.22. The van der Waals surface area contributed by atoms with E-state index in [9.17, 15) is 9.59 Å². The third kappa shape index (κ3) is 1.37. The molecule has 6 rings (SSSR count). The molecular weight excluding hydrogens is 326 g/mol. The Morgan fingerprint density at radius 3 is 2.77 bits per heavy atom. The zero-order valence-electron chi connectivity index (χ0n) is 16.1. The Bertz CT molecular complexity index is 786. The van der Waals surface area contributed by atoms with Gasteiger partial charge in [0.2, 0.25) is 0 Å². The van der Waals surface area contributed by atoms with Crippen LogP contribution in [0.2, 0.25) is 0 Å². The lowest BCUT2D eigenvalue weighted by molar-refractivity contribution is -0.159. The standard InChI is InChI=1S/C22H29NO3/c1-12-10-23-11-13-4-6-21(26-3)9-16(24)14-5-7-22(18(14)21)19(25)15(12)8-17(23)20(13,22)2/h12-13,15,17H,4-11H2,1-3H3/t12-,13-,15-,17?,20?,21+,22+/m1/s1. The molecule has 2 heterocycles. The monoisotopic (exact) mass is 355 g/mol. The van der Waals surface area contributed by atoms with Crippen molar-refractivity contribution < 1.29 is 14.3 Å². The number of ketones is 2. The van der Waals surface area contributed by atoms with Crippen LogP contribution < -0.4 is 0 Å². The molecule has 4 nitrogen and oxygen atoms in total. The van der Waals surface area contributed by atoms with Crippen LogP contribution in [0.25, 0.3) is 0 Å². The van der Waals surface area contributed by atoms with Gasteiger partial charge < -0.3 is 4.74 Å². The summed E-state index contributed by atoms with van der Waals surface area (Å²) in [5.41, 5.74) is 1.18. The third-order valence-electron chi connectivity index (χ3n) is 9.80. The average molecular weight is 355 g/mol. The van der Waals surface area contributed by atoms with Gasteiger partial charge in [0.15, 0.2) is 5.78 Å². The number of allylic oxidation sites excluding steroid dienone is 1. The molecule has 6 aliphatic rings. The number of fused-ring (bicyclic) bond motifs is 1. The molecule has 4 heteroatoms. The van der Waals surface area contributed by atoms with Crippen molar-refractivity contribution in [2.75, 3.05) is 20.2 Å². The summed E-state index contributed by atoms with van der Waals surface area (Å²) in [6.07, 6.45) is 5.14. The molecular formula is C22H29NO3. The van der Waals surface area contributed by atoms with E-state index in [-0.39, 0.29) is 17.1 Å². The zero-order valence-corrected chi connectivity index (χ0v) is 16.1. The second-order valence-corrected chi connectivity index (χ2v) is 10.2. The van der Waals surface area contributed by atoms with E-state index in [0.29, 0.717) is 30.1 Å². The number of piperidine rings is 1. The topological polar surface area (TPSA) is 46.6 Å². The molecule has 2 saturated carbocycles. The SMILES string of the molecule is CO[C@]12CC[C@@H]3CN4C[C@@H](C)[C@H]5CC4C3(C)[C@]3(CCC(=C13)C(=O)C2)C5=O. The normalized spacial score (nSPS) is 54.7. The van der Waals surface area contributed by atoms with Gasteiger partial charge in [0.25, 0.3) is 0 Å². The quantitative estimate of drug-likeness (QED) is 0.726. The van der Waals surface area contributed by atoms with Gasteiger partial charge in [-0.15, -0.1) is 0 Å². The number of methoxy groups -OCH3 is 1. The largest absolute Gasteiger partial charge is 0.373 e. The highest BCUT2D eigenvalue weighted by molar-refractivity contribution is 6.06. The molecule has 4 fully saturated rings. The Morgan fingerprint density at radius 1 is 1.19 bits per heavy atom. The molecule has 7 atom stereocenters. The number of nitrogens with zero attached hydrogens (tertiary/aromatic N) is 1. The minimum Gasteiger partial charge on any atom is -0.373 e. The van der Waals surface area contributed by atoms with Gasteiger partial charge in [-0.3, -0.25) is 14.5 Å². The summed E-state index contributed by atoms with van der Waals surface area (Å²) in [5, 5.41) is 0. The van der Waals surface area contributed by atoms with Crippen LogP contribution in [0, 0.1) is 28.6 Å². The molecule has 0 aromatic carbocycles. The molecule has 0 N–H and O–H groups in total. The van der Waals surface area contributed by atoms with E-state index < -0.39 is 11.0 Å². The summed E-state index contributed by atoms with van der Waals surface area (Å²) in [7, 11) is 1.77. The van der Waals surface area contributed by atoms with E-state index in [2.05, 4.69) is 18.7 Å². The van der Waals surface area contributed by atoms with Crippen LogP contribution >= 0.6 is 0 Å². The second kappa shape index (κ2) is 4.52. The molecule has 2 aliphatic heterocycles. The maximum absolute atomic E-state index is 14.2. The summed E-state index contributed by atoms with van der Waals surface area (Å²) >= 11 is 0. The van der Waals surface area contributed by atoms with E-state index in [1.165, 1.54) is 0 Å². The zero-order chi connectivity index (χ0) is 18.1. The Morgan fingerprint density at radius 2 is 2.00 bits per heavy atom. The van der Waals surface area contributed by atoms with Crippen LogP contribution in [0.5, 0.6) is 0 Å². The minimum atomic E-state index is -0.494. The van der Waals surface area contributed by atoms with Crippen molar-refractivity contribution in [3.63, 3.8) is 0 Å². The van der Waals surface area contributed by atoms with Crippen LogP contribution in [0.4, 0.5) is 0 Å². The predicted molar refractivity (Wildman–Crippen MR) is 96.5 cm³/mol. The Kier molecular flexibility index (Phi) is 2.78. The summed E-state index contributed by atoms with van der Waals surface area (Å²) in [6, 6.07) is 0.501. The molecule has 0 radical (unpaired) electrons. The molecule has 0 aromatic rings. The molecule has 2 unspecified atom stereocenters. The Hall–Kier alpha value is -1.00. The van der Waals surface area contributed by atoms with Gasteiger partial charge in [-0.25, -0.2) is 0 Å². The van der Waals surface area contributed by atoms with E-state index in [1.54, 1.807) is 7.11 Å². The van der Waals surface area contributed by atoms with E-state index in [1.807, 2.05) is 0 Å². The van der Waals surface area contributed by atoms with Crippen molar-refractivity contribution in [1.82, 2.24) is 4.90 Å². The number of carbonyl (C=O) groups is 2. The van der Waals surface area contributed by atoms with Crippen LogP contribution in [0.15, 0.2) is 11.1 Å². The molecule has 1 spiro atoms. The van der Waals surface area contributed by atoms with Crippen LogP contribution in [0.3, 0.4) is 0 Å². The fourth-order valence-electron chi connectivity index (χ4n) is 8.69. The molecule has 0 amide bonds. The van der Waals surface area contributed by atoms with Gasteiger partial charge in [-0.2, -0.15) is 0 Å². The fraction of sp³-hybridized carbons (Fsp3) is 0.818. The summed E-state index contributed by atoms with van der Waals surface area (Å²) in [5.74, 6) is 1.86. The number of rotatable bonds is 1. The highest BCUT2D eigenvalue weighted by Crippen LogP contribution is 2.74. The van der Waals surface area contributed by atoms with E-state index in [4.69, 9.17) is 4.74 Å². The summed E-state index contributed by atoms with van der Waals surface area (Å²) in [4.78, 5) is 29.8. The van der Waals surface area contributed by atoms with Crippen LogP contribution in [0.1, 0.15) is 52.4 Å². The molecule has 26 heavy (non-hydrogen) atoms. The van der Waals surface area contributed by atoms with E-state index in [0.717, 1.165) is 56.3 Å². The van der Waals surface area contributed by atoms with Crippen molar-refractivity contribution >= 4 is 11.6 Å². The first-order valence-electron chi connectivity index (χ1n) is 10.5. The third-order valence-corrected chi connectivity index (χ3v) is 9.80. The van der Waals surface area contributed by atoms with Gasteiger partial charge in [0, 0.05) is 44.0 Å². The minimum absolute atomic E-state index is 0.0251. The summed E-state index contributed by atoms with van der Waals surface area (Å²) < 4.78 is 6.14. The molecule has 2 bridgehead atoms. The maximum atomic E-state index is 14.2. The number of ether oxygens (including phenoxy) is 1. The lowest BCUT2D eigenvalue weighted by Crippen LogP contribution is -2.65. The maximum Gasteiger partial charge on any atom is 0.162 e. The smallest absolute Gasteiger partial charge is 0.162 e. The highest BCUT2D eigenvalue weighted by Gasteiger charge is 2.77. The number of Topliss-reactive ketones (excluding diaryl/α,β-unsaturated/α-hetero) is 2. The molecule has 140 valence electrons. The predicted octanol–water partition coefficient (Wildman–Crippen LogP) is 2.76. The summed E-state index contributed by atoms with van der Waals surface area (Å²) in [6.45, 7) is 6.88. The lowest BCUT2D eigenvalue weighted by Gasteiger charge is -2.60. The molecule has 4 aliphatic carbocycles. The van der Waals surface area contributed by atoms with Gasteiger partial charge in [-0.05, 0) is 55.1 Å². The first-order chi connectivity index (χ1) is 12.4. The Balaban J connectivity index is 1.68. The van der Waals surface area contributed by atoms with Gasteiger partial charge >= 0.3 is 0 Å². The van der Waals surface area contributed by atoms with Crippen molar-refractivity contribution in [2.24, 2.45) is 28.6 Å². The lowest BCUT2D eigenvalue weighted by atomic mass is 9.45. The van der Waals surface area contributed by atoms with Crippen molar-refractivity contribution in [1.29, 1.82) is 0 Å². The van der Waals surface area contributed by atoms with Gasteiger partial charge in [-0.1, -0.05) is 13.8 Å². The second-order valence-electron chi connectivity index (χ2n) is 10.2. The van der Waals surface area contributed by atoms with E-state index >= 15 is 0 Å². The molecule has 2 saturated heterocycles. The number of hydrogen-bond acceptors (Lipinski definition) is 4. The fourth-order valence-corrected chi connectivity index (χ4v) is 8.69. The van der Waals surface area contributed by atoms with Crippen LogP contribution in [-0.4, -0.2) is 48.3 Å². The number of carbonyl (C=O) groups excluding carboxylic acids is 2. The number of hydrogen-bond donors (Lipinski definition) is 0. The first kappa shape index (κ1) is 16.0. The molecule has 0 aromatic heterocycles. The van der Waals surface area contributed by atoms with Gasteiger partial charge in [0.1, 0.15) is 5.78 Å². The van der Waals surface area contributed by atoms with Crippen LogP contribution in [-0.2, 0) is 14.3 Å². The van der Waals surface area contributed by atoms with Crippen molar-refractivity contribution in [3.05, 3.63) is 11.1 Å². The highest BCUT2D eigenvalue weighted by atomic mass is 16.5. The first-order valence-corrected chi connectivity index (χ1v) is 10.5.